The minimum atomic E-state index is -0.295. The van der Waals surface area contributed by atoms with Crippen molar-refractivity contribution in [1.82, 2.24) is 0 Å². The Labute approximate surface area is 113 Å². The Morgan fingerprint density at radius 2 is 2.00 bits per heavy atom. The van der Waals surface area contributed by atoms with Crippen molar-refractivity contribution < 1.29 is 4.74 Å². The topological polar surface area (TPSA) is 9.23 Å². The summed E-state index contributed by atoms with van der Waals surface area (Å²) in [6, 6.07) is 9.19. The first-order chi connectivity index (χ1) is 8.92. The first kappa shape index (κ1) is 13.3. The molecule has 0 aromatic heterocycles. The normalized spacial score (nSPS) is 15.3. The number of unbranched alkanes of at least 4 members (excludes halogenated alkanes) is 3. The number of allylic oxidation sites excluding steroid dienone is 2. The summed E-state index contributed by atoms with van der Waals surface area (Å²) in [5, 5.41) is 4.52. The van der Waals surface area contributed by atoms with E-state index < -0.39 is 0 Å². The number of hydrogen-bond donors (Lipinski definition) is 1. The highest BCUT2D eigenvalue weighted by Crippen LogP contribution is 2.46. The van der Waals surface area contributed by atoms with E-state index in [0.29, 0.717) is 0 Å². The van der Waals surface area contributed by atoms with Gasteiger partial charge in [0.1, 0.15) is 5.75 Å². The lowest BCUT2D eigenvalue weighted by Gasteiger charge is -2.16. The van der Waals surface area contributed by atoms with E-state index in [0.717, 1.165) is 18.8 Å². The Morgan fingerprint density at radius 1 is 1.17 bits per heavy atom. The van der Waals surface area contributed by atoms with E-state index in [1.165, 1.54) is 24.2 Å². The average molecular weight is 261 g/mol. The Kier molecular flexibility index (Phi) is 5.40. The molecule has 0 unspecified atom stereocenters. The number of benzene rings is 1. The van der Waals surface area contributed by atoms with Crippen LogP contribution in [0.15, 0.2) is 46.1 Å². The molecular formula is C16H21OS. The largest absolute Gasteiger partial charge is 0.492 e. The van der Waals surface area contributed by atoms with Crippen molar-refractivity contribution in [3.63, 3.8) is 0 Å². The summed E-state index contributed by atoms with van der Waals surface area (Å²) in [6.45, 7) is 3.05. The monoisotopic (exact) mass is 261 g/mol. The molecule has 0 aliphatic carbocycles. The minimum absolute atomic E-state index is 0.295. The summed E-state index contributed by atoms with van der Waals surface area (Å²) in [4.78, 5) is 1.31. The zero-order valence-electron chi connectivity index (χ0n) is 10.9. The van der Waals surface area contributed by atoms with Gasteiger partial charge in [-0.1, -0.05) is 44.4 Å². The number of rotatable bonds is 7. The summed E-state index contributed by atoms with van der Waals surface area (Å²) in [6.07, 6.45) is 9.21. The third-order valence-electron chi connectivity index (χ3n) is 2.94. The van der Waals surface area contributed by atoms with Crippen molar-refractivity contribution in [2.24, 2.45) is 0 Å². The van der Waals surface area contributed by atoms with Gasteiger partial charge >= 0.3 is 0 Å². The standard InChI is InChI=1S/C16H21OS/c1-2-3-4-7-12-17-15-10-5-6-11-16(15)18-13-8-9-14-18/h6,8-11,13-14,18H,2-4,7,12H2,1H3. The van der Waals surface area contributed by atoms with E-state index in [2.05, 4.69) is 42.0 Å². The molecule has 0 N–H and O–H groups in total. The molecule has 1 aromatic carbocycles. The van der Waals surface area contributed by atoms with Gasteiger partial charge in [0, 0.05) is 4.90 Å². The summed E-state index contributed by atoms with van der Waals surface area (Å²) < 4.78 is 5.91. The van der Waals surface area contributed by atoms with Gasteiger partial charge in [0.15, 0.2) is 0 Å². The second-order valence-corrected chi connectivity index (χ2v) is 6.29. The van der Waals surface area contributed by atoms with Gasteiger partial charge in [0.2, 0.25) is 0 Å². The third-order valence-corrected chi connectivity index (χ3v) is 4.85. The molecule has 0 saturated carbocycles. The molecule has 0 saturated heterocycles. The number of thiol groups is 1. The van der Waals surface area contributed by atoms with Gasteiger partial charge in [-0.15, -0.1) is 0 Å². The van der Waals surface area contributed by atoms with Crippen LogP contribution in [-0.4, -0.2) is 6.61 Å². The summed E-state index contributed by atoms with van der Waals surface area (Å²) >= 11 is 0. The first-order valence-corrected chi connectivity index (χ1v) is 8.16. The maximum Gasteiger partial charge on any atom is 0.132 e. The molecule has 1 heterocycles. The molecular weight excluding hydrogens is 240 g/mol. The quantitative estimate of drug-likeness (QED) is 0.545. The molecule has 2 heteroatoms. The smallest absolute Gasteiger partial charge is 0.132 e. The number of hydrogen-bond acceptors (Lipinski definition) is 1. The van der Waals surface area contributed by atoms with Crippen LogP contribution in [0.5, 0.6) is 5.75 Å². The third kappa shape index (κ3) is 3.67. The van der Waals surface area contributed by atoms with E-state index in [4.69, 9.17) is 4.74 Å². The molecule has 0 fully saturated rings. The van der Waals surface area contributed by atoms with Crippen LogP contribution < -0.4 is 4.74 Å². The predicted molar refractivity (Wildman–Crippen MR) is 80.4 cm³/mol. The Morgan fingerprint density at radius 3 is 2.78 bits per heavy atom. The van der Waals surface area contributed by atoms with E-state index in [-0.39, 0.29) is 10.9 Å². The highest BCUT2D eigenvalue weighted by Gasteiger charge is 2.09. The van der Waals surface area contributed by atoms with Crippen molar-refractivity contribution in [3.05, 3.63) is 47.2 Å². The van der Waals surface area contributed by atoms with Crippen LogP contribution in [0.25, 0.3) is 0 Å². The summed E-state index contributed by atoms with van der Waals surface area (Å²) in [7, 11) is -0.295. The average Bonchev–Trinajstić information content (AvgIpc) is 2.93. The van der Waals surface area contributed by atoms with Gasteiger partial charge < -0.3 is 4.74 Å². The van der Waals surface area contributed by atoms with Gasteiger partial charge in [-0.3, -0.25) is 0 Å². The van der Waals surface area contributed by atoms with Gasteiger partial charge in [0.05, 0.1) is 6.61 Å². The van der Waals surface area contributed by atoms with Crippen molar-refractivity contribution >= 4 is 10.9 Å². The lowest BCUT2D eigenvalue weighted by Crippen LogP contribution is -1.98. The fraction of sp³-hybridized carbons (Fsp3) is 0.375. The number of ether oxygens (including phenoxy) is 1. The van der Waals surface area contributed by atoms with Crippen LogP contribution in [-0.2, 0) is 0 Å². The van der Waals surface area contributed by atoms with Crippen molar-refractivity contribution in [2.45, 2.75) is 37.5 Å². The molecule has 1 nitrogen and oxygen atoms in total. The SMILES string of the molecule is CCCCCCOc1c[c]ccc1[SH]1C=CC=C1. The van der Waals surface area contributed by atoms with Crippen LogP contribution in [0.4, 0.5) is 0 Å². The molecule has 2 rings (SSSR count). The molecule has 1 aliphatic rings. The first-order valence-electron chi connectivity index (χ1n) is 6.68. The fourth-order valence-corrected chi connectivity index (χ4v) is 3.56. The molecule has 0 bridgehead atoms. The van der Waals surface area contributed by atoms with E-state index in [1.54, 1.807) is 0 Å². The zero-order chi connectivity index (χ0) is 12.6. The highest BCUT2D eigenvalue weighted by atomic mass is 32.2. The molecule has 0 amide bonds. The maximum absolute atomic E-state index is 5.91. The van der Waals surface area contributed by atoms with Crippen LogP contribution in [0.2, 0.25) is 0 Å². The molecule has 1 aliphatic heterocycles. The van der Waals surface area contributed by atoms with Crippen LogP contribution in [0.1, 0.15) is 32.6 Å². The Hall–Kier alpha value is -1.15. The van der Waals surface area contributed by atoms with Crippen molar-refractivity contribution in [2.75, 3.05) is 6.61 Å². The van der Waals surface area contributed by atoms with Crippen molar-refractivity contribution in [1.29, 1.82) is 0 Å². The lowest BCUT2D eigenvalue weighted by molar-refractivity contribution is 0.298. The maximum atomic E-state index is 5.91. The van der Waals surface area contributed by atoms with Crippen LogP contribution in [0.3, 0.4) is 0 Å². The fourth-order valence-electron chi connectivity index (χ4n) is 1.94. The highest BCUT2D eigenvalue weighted by molar-refractivity contribution is 8.22. The molecule has 97 valence electrons. The van der Waals surface area contributed by atoms with Gasteiger partial charge in [-0.2, -0.15) is 10.9 Å². The van der Waals surface area contributed by atoms with Gasteiger partial charge in [-0.25, -0.2) is 0 Å². The van der Waals surface area contributed by atoms with Crippen LogP contribution >= 0.6 is 10.9 Å². The molecule has 18 heavy (non-hydrogen) atoms. The van der Waals surface area contributed by atoms with Gasteiger partial charge in [0.25, 0.3) is 0 Å². The van der Waals surface area contributed by atoms with Crippen molar-refractivity contribution in [3.8, 4) is 5.75 Å². The Balaban J connectivity index is 1.91. The van der Waals surface area contributed by atoms with E-state index in [1.807, 2.05) is 12.1 Å². The lowest BCUT2D eigenvalue weighted by atomic mass is 10.2. The molecule has 0 atom stereocenters. The van der Waals surface area contributed by atoms with E-state index in [9.17, 15) is 0 Å². The second-order valence-electron chi connectivity index (χ2n) is 4.39. The Bertz CT molecular complexity index is 411. The van der Waals surface area contributed by atoms with E-state index >= 15 is 0 Å². The summed E-state index contributed by atoms with van der Waals surface area (Å²) in [5.74, 6) is 1.01. The minimum Gasteiger partial charge on any atom is -0.492 e. The van der Waals surface area contributed by atoms with Crippen LogP contribution in [0, 0.1) is 6.07 Å². The second kappa shape index (κ2) is 7.32. The predicted octanol–water partition coefficient (Wildman–Crippen LogP) is 4.85. The molecule has 0 spiro atoms. The molecule has 1 aromatic rings. The van der Waals surface area contributed by atoms with Gasteiger partial charge in [-0.05, 0) is 35.4 Å². The summed E-state index contributed by atoms with van der Waals surface area (Å²) in [5.41, 5.74) is 0. The zero-order valence-corrected chi connectivity index (χ0v) is 11.8. The molecule has 1 radical (unpaired) electrons.